The number of urea groups is 1. The second kappa shape index (κ2) is 7.81. The molecule has 1 aromatic rings. The van der Waals surface area contributed by atoms with E-state index >= 15 is 0 Å². The molecule has 0 saturated carbocycles. The zero-order chi connectivity index (χ0) is 17.7. The SMILES string of the molecule is COC(=O)CCN(C)C(=O)N1Cc2ccccc2CC1C(=O)OC. The molecule has 24 heavy (non-hydrogen) atoms. The molecule has 0 aliphatic carbocycles. The summed E-state index contributed by atoms with van der Waals surface area (Å²) in [7, 11) is 4.21. The predicted molar refractivity (Wildman–Crippen MR) is 86.2 cm³/mol. The lowest BCUT2D eigenvalue weighted by atomic mass is 9.94. The largest absolute Gasteiger partial charge is 0.469 e. The van der Waals surface area contributed by atoms with E-state index in [4.69, 9.17) is 4.74 Å². The fourth-order valence-corrected chi connectivity index (χ4v) is 2.75. The van der Waals surface area contributed by atoms with Crippen LogP contribution in [0.25, 0.3) is 0 Å². The van der Waals surface area contributed by atoms with Gasteiger partial charge in [0.15, 0.2) is 0 Å². The number of carbonyl (C=O) groups excluding carboxylic acids is 3. The summed E-state index contributed by atoms with van der Waals surface area (Å²) in [6.07, 6.45) is 0.519. The van der Waals surface area contributed by atoms with Crippen LogP contribution >= 0.6 is 0 Å². The van der Waals surface area contributed by atoms with Gasteiger partial charge in [0.25, 0.3) is 0 Å². The highest BCUT2D eigenvalue weighted by Gasteiger charge is 2.36. The number of esters is 2. The van der Waals surface area contributed by atoms with E-state index in [1.807, 2.05) is 24.3 Å². The molecule has 0 saturated heterocycles. The van der Waals surface area contributed by atoms with Crippen LogP contribution < -0.4 is 0 Å². The first-order valence-corrected chi connectivity index (χ1v) is 7.71. The zero-order valence-electron chi connectivity index (χ0n) is 14.2. The van der Waals surface area contributed by atoms with Crippen LogP contribution in [0.15, 0.2) is 24.3 Å². The van der Waals surface area contributed by atoms with Gasteiger partial charge in [-0.15, -0.1) is 0 Å². The topological polar surface area (TPSA) is 76.2 Å². The van der Waals surface area contributed by atoms with E-state index in [9.17, 15) is 14.4 Å². The van der Waals surface area contributed by atoms with Gasteiger partial charge in [-0.1, -0.05) is 24.3 Å². The number of ether oxygens (including phenoxy) is 2. The molecule has 7 heteroatoms. The molecule has 1 aromatic carbocycles. The third-order valence-electron chi connectivity index (χ3n) is 4.17. The number of hydrogen-bond donors (Lipinski definition) is 0. The lowest BCUT2D eigenvalue weighted by Gasteiger charge is -2.37. The van der Waals surface area contributed by atoms with Gasteiger partial charge in [0.05, 0.1) is 20.6 Å². The van der Waals surface area contributed by atoms with E-state index in [1.165, 1.54) is 24.0 Å². The Balaban J connectivity index is 2.17. The van der Waals surface area contributed by atoms with Crippen molar-refractivity contribution in [1.29, 1.82) is 0 Å². The molecule has 1 heterocycles. The molecule has 1 aliphatic heterocycles. The fraction of sp³-hybridized carbons (Fsp3) is 0.471. The summed E-state index contributed by atoms with van der Waals surface area (Å²) in [5, 5.41) is 0. The fourth-order valence-electron chi connectivity index (χ4n) is 2.75. The molecule has 0 radical (unpaired) electrons. The summed E-state index contributed by atoms with van der Waals surface area (Å²) in [6.45, 7) is 0.550. The van der Waals surface area contributed by atoms with E-state index in [0.29, 0.717) is 13.0 Å². The van der Waals surface area contributed by atoms with Crippen LogP contribution in [-0.4, -0.2) is 61.6 Å². The number of nitrogens with zero attached hydrogens (tertiary/aromatic N) is 2. The minimum atomic E-state index is -0.669. The van der Waals surface area contributed by atoms with Gasteiger partial charge in [0, 0.05) is 26.6 Å². The summed E-state index contributed by atoms with van der Waals surface area (Å²) in [4.78, 5) is 39.0. The van der Waals surface area contributed by atoms with E-state index in [1.54, 1.807) is 7.05 Å². The van der Waals surface area contributed by atoms with Crippen LogP contribution in [0.1, 0.15) is 17.5 Å². The van der Waals surface area contributed by atoms with Crippen LogP contribution in [0.5, 0.6) is 0 Å². The molecule has 0 aromatic heterocycles. The summed E-state index contributed by atoms with van der Waals surface area (Å²) in [5.74, 6) is -0.831. The molecule has 1 aliphatic rings. The lowest BCUT2D eigenvalue weighted by Crippen LogP contribution is -2.53. The molecule has 0 spiro atoms. The van der Waals surface area contributed by atoms with Gasteiger partial charge >= 0.3 is 18.0 Å². The number of rotatable bonds is 4. The molecule has 130 valence electrons. The van der Waals surface area contributed by atoms with Crippen molar-refractivity contribution < 1.29 is 23.9 Å². The molecule has 2 amide bonds. The standard InChI is InChI=1S/C17H22N2O5/c1-18(9-8-15(20)23-2)17(22)19-11-13-7-5-4-6-12(13)10-14(19)16(21)24-3/h4-7,14H,8-11H2,1-3H3. The maximum Gasteiger partial charge on any atom is 0.329 e. The van der Waals surface area contributed by atoms with Crippen LogP contribution in [0.2, 0.25) is 0 Å². The first-order valence-electron chi connectivity index (χ1n) is 7.71. The van der Waals surface area contributed by atoms with Crippen LogP contribution in [0.4, 0.5) is 4.79 Å². The Morgan fingerprint density at radius 3 is 2.46 bits per heavy atom. The highest BCUT2D eigenvalue weighted by molar-refractivity contribution is 5.84. The number of fused-ring (bicyclic) bond motifs is 1. The summed E-state index contributed by atoms with van der Waals surface area (Å²) < 4.78 is 9.44. The Morgan fingerprint density at radius 1 is 1.17 bits per heavy atom. The molecule has 2 rings (SSSR count). The van der Waals surface area contributed by atoms with Gasteiger partial charge < -0.3 is 19.3 Å². The van der Waals surface area contributed by atoms with Crippen molar-refractivity contribution in [2.45, 2.75) is 25.4 Å². The van der Waals surface area contributed by atoms with E-state index in [0.717, 1.165) is 11.1 Å². The van der Waals surface area contributed by atoms with Crippen LogP contribution in [-0.2, 0) is 32.0 Å². The number of hydrogen-bond acceptors (Lipinski definition) is 5. The molecule has 1 atom stereocenters. The van der Waals surface area contributed by atoms with Crippen molar-refractivity contribution in [3.8, 4) is 0 Å². The molecular formula is C17H22N2O5. The lowest BCUT2D eigenvalue weighted by molar-refractivity contribution is -0.146. The van der Waals surface area contributed by atoms with Gasteiger partial charge in [-0.05, 0) is 11.1 Å². The summed E-state index contributed by atoms with van der Waals surface area (Å²) in [6, 6.07) is 6.72. The third kappa shape index (κ3) is 3.84. The molecule has 0 N–H and O–H groups in total. The van der Waals surface area contributed by atoms with E-state index in [2.05, 4.69) is 4.74 Å². The maximum absolute atomic E-state index is 12.7. The van der Waals surface area contributed by atoms with Gasteiger partial charge in [-0.3, -0.25) is 4.79 Å². The van der Waals surface area contributed by atoms with Gasteiger partial charge in [0.2, 0.25) is 0 Å². The van der Waals surface area contributed by atoms with E-state index in [-0.39, 0.29) is 25.0 Å². The monoisotopic (exact) mass is 334 g/mol. The van der Waals surface area contributed by atoms with Crippen molar-refractivity contribution in [1.82, 2.24) is 9.80 Å². The van der Waals surface area contributed by atoms with Crippen molar-refractivity contribution >= 4 is 18.0 Å². The molecule has 1 unspecified atom stereocenters. The second-order valence-electron chi connectivity index (χ2n) is 5.67. The average Bonchev–Trinajstić information content (AvgIpc) is 2.63. The Hall–Kier alpha value is -2.57. The minimum Gasteiger partial charge on any atom is -0.469 e. The number of amides is 2. The summed E-state index contributed by atoms with van der Waals surface area (Å²) in [5.41, 5.74) is 2.04. The van der Waals surface area contributed by atoms with Crippen molar-refractivity contribution in [2.75, 3.05) is 27.8 Å². The van der Waals surface area contributed by atoms with Gasteiger partial charge in [-0.25, -0.2) is 9.59 Å². The van der Waals surface area contributed by atoms with Gasteiger partial charge in [-0.2, -0.15) is 0 Å². The molecule has 7 nitrogen and oxygen atoms in total. The van der Waals surface area contributed by atoms with Crippen molar-refractivity contribution in [3.63, 3.8) is 0 Å². The molecule has 0 bridgehead atoms. The van der Waals surface area contributed by atoms with Crippen molar-refractivity contribution in [2.24, 2.45) is 0 Å². The van der Waals surface area contributed by atoms with Crippen molar-refractivity contribution in [3.05, 3.63) is 35.4 Å². The number of carbonyl (C=O) groups is 3. The molecule has 0 fully saturated rings. The molecular weight excluding hydrogens is 312 g/mol. The highest BCUT2D eigenvalue weighted by Crippen LogP contribution is 2.25. The third-order valence-corrected chi connectivity index (χ3v) is 4.17. The first kappa shape index (κ1) is 17.8. The van der Waals surface area contributed by atoms with Crippen LogP contribution in [0.3, 0.4) is 0 Å². The Labute approximate surface area is 141 Å². The highest BCUT2D eigenvalue weighted by atomic mass is 16.5. The first-order chi connectivity index (χ1) is 11.5. The minimum absolute atomic E-state index is 0.103. The Bertz CT molecular complexity index is 631. The predicted octanol–water partition coefficient (Wildman–Crippen LogP) is 1.20. The second-order valence-corrected chi connectivity index (χ2v) is 5.67. The average molecular weight is 334 g/mol. The maximum atomic E-state index is 12.7. The van der Waals surface area contributed by atoms with Crippen LogP contribution in [0, 0.1) is 0 Å². The zero-order valence-corrected chi connectivity index (χ0v) is 14.2. The quantitative estimate of drug-likeness (QED) is 0.774. The summed E-state index contributed by atoms with van der Waals surface area (Å²) >= 11 is 0. The Morgan fingerprint density at radius 2 is 1.83 bits per heavy atom. The van der Waals surface area contributed by atoms with Gasteiger partial charge in [0.1, 0.15) is 6.04 Å². The Kier molecular flexibility index (Phi) is 5.78. The normalized spacial score (nSPS) is 16.1. The number of methoxy groups -OCH3 is 2. The number of benzene rings is 1. The smallest absolute Gasteiger partial charge is 0.329 e. The van der Waals surface area contributed by atoms with E-state index < -0.39 is 12.0 Å².